The maximum Gasteiger partial charge on any atom is 0.251 e. The SMILES string of the molecule is CC(C)CNC(=O)c1ccc(OCc2cscn2)cc1. The third-order valence-corrected chi connectivity index (χ3v) is 3.29. The van der Waals surface area contributed by atoms with E-state index in [4.69, 9.17) is 4.74 Å². The highest BCUT2D eigenvalue weighted by Crippen LogP contribution is 2.14. The van der Waals surface area contributed by atoms with E-state index in [1.165, 1.54) is 0 Å². The van der Waals surface area contributed by atoms with E-state index in [1.807, 2.05) is 5.38 Å². The van der Waals surface area contributed by atoms with Gasteiger partial charge in [-0.1, -0.05) is 13.8 Å². The van der Waals surface area contributed by atoms with Crippen molar-refractivity contribution in [2.45, 2.75) is 20.5 Å². The largest absolute Gasteiger partial charge is 0.487 e. The summed E-state index contributed by atoms with van der Waals surface area (Å²) in [5, 5.41) is 4.84. The maximum atomic E-state index is 11.8. The molecule has 2 rings (SSSR count). The standard InChI is InChI=1S/C15H18N2O2S/c1-11(2)7-16-15(18)12-3-5-14(6-4-12)19-8-13-9-20-10-17-13/h3-6,9-11H,7-8H2,1-2H3,(H,16,18). The van der Waals surface area contributed by atoms with Crippen molar-refractivity contribution in [3.63, 3.8) is 0 Å². The Balaban J connectivity index is 1.87. The number of carbonyl (C=O) groups is 1. The fourth-order valence-electron chi connectivity index (χ4n) is 1.57. The van der Waals surface area contributed by atoms with Gasteiger partial charge < -0.3 is 10.1 Å². The lowest BCUT2D eigenvalue weighted by atomic mass is 10.2. The Morgan fingerprint density at radius 3 is 2.70 bits per heavy atom. The first-order valence-electron chi connectivity index (χ1n) is 6.53. The normalized spacial score (nSPS) is 10.6. The van der Waals surface area contributed by atoms with Crippen LogP contribution < -0.4 is 10.1 Å². The molecule has 0 spiro atoms. The van der Waals surface area contributed by atoms with Crippen LogP contribution >= 0.6 is 11.3 Å². The number of ether oxygens (including phenoxy) is 1. The topological polar surface area (TPSA) is 51.2 Å². The van der Waals surface area contributed by atoms with E-state index in [-0.39, 0.29) is 5.91 Å². The Bertz CT molecular complexity index is 536. The highest BCUT2D eigenvalue weighted by molar-refractivity contribution is 7.07. The quantitative estimate of drug-likeness (QED) is 0.889. The highest BCUT2D eigenvalue weighted by Gasteiger charge is 2.06. The molecule has 1 aromatic carbocycles. The summed E-state index contributed by atoms with van der Waals surface area (Å²) in [6, 6.07) is 7.14. The maximum absolute atomic E-state index is 11.8. The second-order valence-electron chi connectivity index (χ2n) is 4.90. The molecule has 0 aliphatic heterocycles. The minimum atomic E-state index is -0.0512. The first-order valence-corrected chi connectivity index (χ1v) is 7.47. The summed E-state index contributed by atoms with van der Waals surface area (Å²) in [6.07, 6.45) is 0. The monoisotopic (exact) mass is 290 g/mol. The first-order chi connectivity index (χ1) is 9.65. The molecule has 0 aliphatic carbocycles. The number of benzene rings is 1. The van der Waals surface area contributed by atoms with Crippen LogP contribution in [0.3, 0.4) is 0 Å². The molecule has 106 valence electrons. The number of amides is 1. The van der Waals surface area contributed by atoms with Gasteiger partial charge in [-0.15, -0.1) is 11.3 Å². The Morgan fingerprint density at radius 1 is 1.35 bits per heavy atom. The van der Waals surface area contributed by atoms with Gasteiger partial charge in [0.2, 0.25) is 0 Å². The molecule has 0 saturated carbocycles. The second kappa shape index (κ2) is 7.05. The van der Waals surface area contributed by atoms with Crippen LogP contribution in [0.15, 0.2) is 35.2 Å². The minimum absolute atomic E-state index is 0.0512. The van der Waals surface area contributed by atoms with Crippen molar-refractivity contribution < 1.29 is 9.53 Å². The molecule has 0 aliphatic rings. The van der Waals surface area contributed by atoms with Crippen molar-refractivity contribution in [2.75, 3.05) is 6.54 Å². The zero-order chi connectivity index (χ0) is 14.4. The van der Waals surface area contributed by atoms with Crippen LogP contribution in [0.5, 0.6) is 5.75 Å². The molecule has 0 radical (unpaired) electrons. The molecule has 0 bridgehead atoms. The summed E-state index contributed by atoms with van der Waals surface area (Å²) in [5.74, 6) is 1.13. The van der Waals surface area contributed by atoms with Gasteiger partial charge in [0.25, 0.3) is 5.91 Å². The van der Waals surface area contributed by atoms with E-state index < -0.39 is 0 Å². The van der Waals surface area contributed by atoms with Crippen molar-refractivity contribution >= 4 is 17.2 Å². The molecule has 4 nitrogen and oxygen atoms in total. The van der Waals surface area contributed by atoms with Crippen molar-refractivity contribution in [1.29, 1.82) is 0 Å². The lowest BCUT2D eigenvalue weighted by molar-refractivity contribution is 0.0949. The average molecular weight is 290 g/mol. The van der Waals surface area contributed by atoms with E-state index in [1.54, 1.807) is 41.1 Å². The summed E-state index contributed by atoms with van der Waals surface area (Å²) in [5.41, 5.74) is 3.33. The molecule has 5 heteroatoms. The number of carbonyl (C=O) groups excluding carboxylic acids is 1. The summed E-state index contributed by atoms with van der Waals surface area (Å²) in [4.78, 5) is 16.0. The van der Waals surface area contributed by atoms with Crippen LogP contribution in [-0.2, 0) is 6.61 Å². The van der Waals surface area contributed by atoms with Crippen LogP contribution in [-0.4, -0.2) is 17.4 Å². The predicted octanol–water partition coefficient (Wildman–Crippen LogP) is 3.11. The van der Waals surface area contributed by atoms with Crippen LogP contribution in [0.1, 0.15) is 29.9 Å². The third kappa shape index (κ3) is 4.35. The molecule has 20 heavy (non-hydrogen) atoms. The number of nitrogens with zero attached hydrogens (tertiary/aromatic N) is 1. The van der Waals surface area contributed by atoms with Crippen molar-refractivity contribution in [1.82, 2.24) is 10.3 Å². The highest BCUT2D eigenvalue weighted by atomic mass is 32.1. The van der Waals surface area contributed by atoms with Gasteiger partial charge >= 0.3 is 0 Å². The summed E-state index contributed by atoms with van der Waals surface area (Å²) < 4.78 is 5.60. The van der Waals surface area contributed by atoms with Crippen LogP contribution in [0.4, 0.5) is 0 Å². The second-order valence-corrected chi connectivity index (χ2v) is 5.62. The van der Waals surface area contributed by atoms with Crippen LogP contribution in [0, 0.1) is 5.92 Å². The lowest BCUT2D eigenvalue weighted by Crippen LogP contribution is -2.27. The fourth-order valence-corrected chi connectivity index (χ4v) is 2.11. The molecule has 2 aromatic rings. The van der Waals surface area contributed by atoms with E-state index in [0.717, 1.165) is 11.4 Å². The fraction of sp³-hybridized carbons (Fsp3) is 0.333. The molecule has 0 fully saturated rings. The molecule has 1 heterocycles. The Kier molecular flexibility index (Phi) is 5.12. The lowest BCUT2D eigenvalue weighted by Gasteiger charge is -2.08. The van der Waals surface area contributed by atoms with Gasteiger partial charge in [0.1, 0.15) is 12.4 Å². The summed E-state index contributed by atoms with van der Waals surface area (Å²) in [7, 11) is 0. The molecule has 0 unspecified atom stereocenters. The van der Waals surface area contributed by atoms with E-state index in [9.17, 15) is 4.79 Å². The predicted molar refractivity (Wildman–Crippen MR) is 80.1 cm³/mol. The molecule has 1 aromatic heterocycles. The van der Waals surface area contributed by atoms with E-state index in [2.05, 4.69) is 24.1 Å². The number of hydrogen-bond donors (Lipinski definition) is 1. The van der Waals surface area contributed by atoms with Gasteiger partial charge in [-0.2, -0.15) is 0 Å². The van der Waals surface area contributed by atoms with Crippen molar-refractivity contribution in [3.05, 3.63) is 46.4 Å². The van der Waals surface area contributed by atoms with Gasteiger partial charge in [-0.05, 0) is 30.2 Å². The van der Waals surface area contributed by atoms with Crippen molar-refractivity contribution in [3.8, 4) is 5.75 Å². The number of rotatable bonds is 6. The summed E-state index contributed by atoms with van der Waals surface area (Å²) >= 11 is 1.54. The van der Waals surface area contributed by atoms with Gasteiger partial charge in [-0.25, -0.2) is 4.98 Å². The zero-order valence-corrected chi connectivity index (χ0v) is 12.4. The van der Waals surface area contributed by atoms with Gasteiger partial charge in [0.15, 0.2) is 0 Å². The number of aromatic nitrogens is 1. The number of thiazole rings is 1. The molecule has 1 amide bonds. The van der Waals surface area contributed by atoms with Gasteiger partial charge in [0.05, 0.1) is 11.2 Å². The smallest absolute Gasteiger partial charge is 0.251 e. The van der Waals surface area contributed by atoms with Crippen LogP contribution in [0.25, 0.3) is 0 Å². The molecular formula is C15H18N2O2S. The third-order valence-electron chi connectivity index (χ3n) is 2.66. The molecule has 1 N–H and O–H groups in total. The number of hydrogen-bond acceptors (Lipinski definition) is 4. The minimum Gasteiger partial charge on any atom is -0.487 e. The Hall–Kier alpha value is -1.88. The van der Waals surface area contributed by atoms with Crippen LogP contribution in [0.2, 0.25) is 0 Å². The summed E-state index contributed by atoms with van der Waals surface area (Å²) in [6.45, 7) is 5.26. The molecular weight excluding hydrogens is 272 g/mol. The first kappa shape index (κ1) is 14.5. The van der Waals surface area contributed by atoms with Gasteiger partial charge in [0, 0.05) is 17.5 Å². The molecule has 0 saturated heterocycles. The Labute approximate surface area is 122 Å². The van der Waals surface area contributed by atoms with E-state index in [0.29, 0.717) is 24.6 Å². The van der Waals surface area contributed by atoms with E-state index >= 15 is 0 Å². The van der Waals surface area contributed by atoms with Crippen molar-refractivity contribution in [2.24, 2.45) is 5.92 Å². The Morgan fingerprint density at radius 2 is 2.10 bits per heavy atom. The molecule has 0 atom stereocenters. The number of nitrogens with one attached hydrogen (secondary N) is 1. The average Bonchev–Trinajstić information content (AvgIpc) is 2.96. The van der Waals surface area contributed by atoms with Gasteiger partial charge in [-0.3, -0.25) is 4.79 Å². The zero-order valence-electron chi connectivity index (χ0n) is 11.6.